The third-order valence-electron chi connectivity index (χ3n) is 3.93. The highest BCUT2D eigenvalue weighted by molar-refractivity contribution is 5.40. The molecule has 1 aliphatic rings. The first-order valence-electron chi connectivity index (χ1n) is 6.64. The van der Waals surface area contributed by atoms with Crippen LogP contribution < -0.4 is 0 Å². The number of aliphatic hydroxyl groups is 1. The highest BCUT2D eigenvalue weighted by Crippen LogP contribution is 2.38. The summed E-state index contributed by atoms with van der Waals surface area (Å²) in [5.74, 6) is 0.352. The summed E-state index contributed by atoms with van der Waals surface area (Å²) in [5, 5.41) is 10.3. The Morgan fingerprint density at radius 1 is 1.00 bits per heavy atom. The number of aliphatic hydroxyl groups excluding tert-OH is 1. The molecule has 0 bridgehead atoms. The second-order valence-corrected chi connectivity index (χ2v) is 5.10. The van der Waals surface area contributed by atoms with Crippen LogP contribution in [0.1, 0.15) is 29.0 Å². The van der Waals surface area contributed by atoms with E-state index in [1.807, 2.05) is 6.07 Å². The fraction of sp³-hybridized carbons (Fsp3) is 0.294. The fourth-order valence-electron chi connectivity index (χ4n) is 2.80. The van der Waals surface area contributed by atoms with Crippen LogP contribution in [0.3, 0.4) is 0 Å². The van der Waals surface area contributed by atoms with E-state index in [-0.39, 0.29) is 6.10 Å². The van der Waals surface area contributed by atoms with E-state index in [0.717, 1.165) is 19.3 Å². The molecule has 2 unspecified atom stereocenters. The van der Waals surface area contributed by atoms with Crippen LogP contribution in [0.4, 0.5) is 0 Å². The van der Waals surface area contributed by atoms with Crippen molar-refractivity contribution >= 4 is 0 Å². The largest absolute Gasteiger partial charge is 0.392 e. The molecule has 0 aliphatic heterocycles. The van der Waals surface area contributed by atoms with Gasteiger partial charge in [0.05, 0.1) is 6.10 Å². The van der Waals surface area contributed by atoms with Crippen molar-refractivity contribution in [2.75, 3.05) is 0 Å². The van der Waals surface area contributed by atoms with Gasteiger partial charge in [0.15, 0.2) is 0 Å². The smallest absolute Gasteiger partial charge is 0.0615 e. The molecule has 2 atom stereocenters. The molecule has 1 heteroatoms. The Hall–Kier alpha value is -1.60. The molecule has 1 N–H and O–H groups in total. The average molecular weight is 238 g/mol. The average Bonchev–Trinajstić information content (AvgIpc) is 2.39. The maximum Gasteiger partial charge on any atom is 0.0615 e. The Morgan fingerprint density at radius 2 is 1.72 bits per heavy atom. The third kappa shape index (κ3) is 2.19. The summed E-state index contributed by atoms with van der Waals surface area (Å²) < 4.78 is 0. The first kappa shape index (κ1) is 11.5. The zero-order valence-electron chi connectivity index (χ0n) is 10.4. The molecule has 0 amide bonds. The van der Waals surface area contributed by atoms with Crippen LogP contribution in [0.5, 0.6) is 0 Å². The van der Waals surface area contributed by atoms with Crippen molar-refractivity contribution in [1.82, 2.24) is 0 Å². The van der Waals surface area contributed by atoms with Gasteiger partial charge in [-0.05, 0) is 36.0 Å². The van der Waals surface area contributed by atoms with Crippen LogP contribution in [-0.2, 0) is 12.8 Å². The molecule has 0 fully saturated rings. The van der Waals surface area contributed by atoms with Gasteiger partial charge in [-0.15, -0.1) is 0 Å². The van der Waals surface area contributed by atoms with E-state index in [4.69, 9.17) is 0 Å². The summed E-state index contributed by atoms with van der Waals surface area (Å²) in [7, 11) is 0. The van der Waals surface area contributed by atoms with Crippen molar-refractivity contribution in [3.05, 3.63) is 71.3 Å². The Morgan fingerprint density at radius 3 is 2.50 bits per heavy atom. The first-order valence-corrected chi connectivity index (χ1v) is 6.64. The molecule has 0 spiro atoms. The van der Waals surface area contributed by atoms with Crippen LogP contribution in [0.2, 0.25) is 0 Å². The fourth-order valence-corrected chi connectivity index (χ4v) is 2.80. The van der Waals surface area contributed by atoms with Crippen molar-refractivity contribution in [1.29, 1.82) is 0 Å². The molecule has 3 rings (SSSR count). The molecule has 0 aromatic heterocycles. The number of rotatable bonds is 4. The van der Waals surface area contributed by atoms with Gasteiger partial charge in [0, 0.05) is 5.92 Å². The van der Waals surface area contributed by atoms with Crippen molar-refractivity contribution in [3.8, 4) is 0 Å². The molecule has 1 nitrogen and oxygen atoms in total. The Bertz CT molecular complexity index is 518. The number of fused-ring (bicyclic) bond motifs is 1. The minimum absolute atomic E-state index is 0.208. The summed E-state index contributed by atoms with van der Waals surface area (Å²) in [6.07, 6.45) is 2.63. The topological polar surface area (TPSA) is 20.2 Å². The Balaban J connectivity index is 1.59. The predicted octanol–water partition coefficient (Wildman–Crippen LogP) is 3.32. The van der Waals surface area contributed by atoms with E-state index < -0.39 is 0 Å². The molecule has 1 aliphatic carbocycles. The lowest BCUT2D eigenvalue weighted by Crippen LogP contribution is -2.29. The van der Waals surface area contributed by atoms with Gasteiger partial charge in [-0.25, -0.2) is 0 Å². The van der Waals surface area contributed by atoms with Crippen molar-refractivity contribution in [2.45, 2.75) is 31.3 Å². The lowest BCUT2D eigenvalue weighted by Gasteiger charge is -2.34. The van der Waals surface area contributed by atoms with Gasteiger partial charge in [0.2, 0.25) is 0 Å². The predicted molar refractivity (Wildman–Crippen MR) is 73.7 cm³/mol. The van der Waals surface area contributed by atoms with E-state index in [1.165, 1.54) is 16.7 Å². The molecule has 92 valence electrons. The number of benzene rings is 2. The van der Waals surface area contributed by atoms with Gasteiger partial charge in [0.25, 0.3) is 0 Å². The number of hydrogen-bond donors (Lipinski definition) is 1. The summed E-state index contributed by atoms with van der Waals surface area (Å²) in [4.78, 5) is 0. The van der Waals surface area contributed by atoms with Crippen LogP contribution in [0.25, 0.3) is 0 Å². The Kier molecular flexibility index (Phi) is 3.16. The van der Waals surface area contributed by atoms with E-state index in [1.54, 1.807) is 0 Å². The zero-order valence-corrected chi connectivity index (χ0v) is 10.4. The maximum absolute atomic E-state index is 10.3. The van der Waals surface area contributed by atoms with Gasteiger partial charge in [-0.3, -0.25) is 0 Å². The second kappa shape index (κ2) is 4.95. The van der Waals surface area contributed by atoms with Crippen molar-refractivity contribution in [2.24, 2.45) is 0 Å². The quantitative estimate of drug-likeness (QED) is 0.866. The van der Waals surface area contributed by atoms with Crippen molar-refractivity contribution < 1.29 is 5.11 Å². The zero-order chi connectivity index (χ0) is 12.4. The van der Waals surface area contributed by atoms with Crippen LogP contribution in [0.15, 0.2) is 54.6 Å². The van der Waals surface area contributed by atoms with Crippen molar-refractivity contribution in [3.63, 3.8) is 0 Å². The SMILES string of the molecule is OC(CCc1ccccc1)C1Cc2ccccc21. The second-order valence-electron chi connectivity index (χ2n) is 5.10. The summed E-state index contributed by atoms with van der Waals surface area (Å²) in [5.41, 5.74) is 4.06. The van der Waals surface area contributed by atoms with Gasteiger partial charge < -0.3 is 5.11 Å². The molecular weight excluding hydrogens is 220 g/mol. The van der Waals surface area contributed by atoms with Crippen LogP contribution in [0, 0.1) is 0 Å². The third-order valence-corrected chi connectivity index (χ3v) is 3.93. The van der Waals surface area contributed by atoms with E-state index in [2.05, 4.69) is 48.5 Å². The standard InChI is InChI=1S/C17H18O/c18-17(11-10-13-6-2-1-3-7-13)16-12-14-8-4-5-9-15(14)16/h1-9,16-18H,10-12H2. The van der Waals surface area contributed by atoms with Gasteiger partial charge in [0.1, 0.15) is 0 Å². The molecule has 2 aromatic rings. The maximum atomic E-state index is 10.3. The van der Waals surface area contributed by atoms with Gasteiger partial charge in [-0.2, -0.15) is 0 Å². The van der Waals surface area contributed by atoms with Gasteiger partial charge in [-0.1, -0.05) is 54.6 Å². The number of hydrogen-bond acceptors (Lipinski definition) is 1. The van der Waals surface area contributed by atoms with Gasteiger partial charge >= 0.3 is 0 Å². The lowest BCUT2D eigenvalue weighted by atomic mass is 9.73. The van der Waals surface area contributed by atoms with E-state index >= 15 is 0 Å². The summed E-state index contributed by atoms with van der Waals surface area (Å²) >= 11 is 0. The highest BCUT2D eigenvalue weighted by Gasteiger charge is 2.31. The lowest BCUT2D eigenvalue weighted by molar-refractivity contribution is 0.124. The Labute approximate surface area is 108 Å². The number of aryl methyl sites for hydroxylation is 1. The minimum Gasteiger partial charge on any atom is -0.392 e. The molecule has 18 heavy (non-hydrogen) atoms. The normalized spacial score (nSPS) is 18.8. The van der Waals surface area contributed by atoms with E-state index in [9.17, 15) is 5.11 Å². The highest BCUT2D eigenvalue weighted by atomic mass is 16.3. The molecule has 0 saturated heterocycles. The van der Waals surface area contributed by atoms with E-state index in [0.29, 0.717) is 5.92 Å². The van der Waals surface area contributed by atoms with Crippen LogP contribution in [-0.4, -0.2) is 11.2 Å². The molecule has 0 saturated carbocycles. The minimum atomic E-state index is -0.208. The summed E-state index contributed by atoms with van der Waals surface area (Å²) in [6, 6.07) is 18.8. The molecule has 0 heterocycles. The molecule has 0 radical (unpaired) electrons. The van der Waals surface area contributed by atoms with Crippen LogP contribution >= 0.6 is 0 Å². The molecule has 2 aromatic carbocycles. The molecular formula is C17H18O. The first-order chi connectivity index (χ1) is 8.84. The summed E-state index contributed by atoms with van der Waals surface area (Å²) in [6.45, 7) is 0. The monoisotopic (exact) mass is 238 g/mol.